The number of rotatable bonds is 3. The third-order valence-electron chi connectivity index (χ3n) is 1.79. The number of carbonyl (C=O) groups excluding carboxylic acids is 1. The zero-order valence-electron chi connectivity index (χ0n) is 8.47. The predicted molar refractivity (Wildman–Crippen MR) is 50.5 cm³/mol. The number of alkyl halides is 3. The van der Waals surface area contributed by atoms with Crippen molar-refractivity contribution < 1.29 is 22.8 Å². The molecule has 0 aromatic heterocycles. The minimum atomic E-state index is -4.37. The van der Waals surface area contributed by atoms with Gasteiger partial charge >= 0.3 is 6.18 Å². The van der Waals surface area contributed by atoms with Crippen molar-refractivity contribution in [2.75, 3.05) is 0 Å². The first kappa shape index (κ1) is 12.4. The van der Waals surface area contributed by atoms with Crippen LogP contribution in [0.15, 0.2) is 24.3 Å². The summed E-state index contributed by atoms with van der Waals surface area (Å²) in [7, 11) is 0. The summed E-state index contributed by atoms with van der Waals surface area (Å²) in [5.41, 5.74) is 1.32. The average molecular weight is 233 g/mol. The molecule has 16 heavy (non-hydrogen) atoms. The van der Waals surface area contributed by atoms with Gasteiger partial charge < -0.3 is 4.84 Å². The molecule has 0 saturated carbocycles. The largest absolute Gasteiger partial charge is 0.416 e. The van der Waals surface area contributed by atoms with Crippen molar-refractivity contribution in [1.82, 2.24) is 5.48 Å². The predicted octanol–water partition coefficient (Wildman–Crippen LogP) is 2.53. The van der Waals surface area contributed by atoms with E-state index in [0.717, 1.165) is 24.3 Å². The molecule has 0 saturated heterocycles. The molecule has 0 aliphatic rings. The van der Waals surface area contributed by atoms with Crippen LogP contribution in [0.4, 0.5) is 13.2 Å². The van der Waals surface area contributed by atoms with E-state index in [4.69, 9.17) is 4.84 Å². The van der Waals surface area contributed by atoms with Gasteiger partial charge in [-0.15, -0.1) is 0 Å². The van der Waals surface area contributed by atoms with Gasteiger partial charge in [0.15, 0.2) is 5.75 Å². The molecule has 0 aliphatic heterocycles. The third kappa shape index (κ3) is 3.45. The van der Waals surface area contributed by atoms with E-state index in [2.05, 4.69) is 5.48 Å². The van der Waals surface area contributed by atoms with Crippen LogP contribution in [0.1, 0.15) is 18.9 Å². The van der Waals surface area contributed by atoms with E-state index in [-0.39, 0.29) is 18.1 Å². The normalized spacial score (nSPS) is 11.0. The molecule has 1 N–H and O–H groups in total. The first-order valence-corrected chi connectivity index (χ1v) is 4.56. The molecule has 88 valence electrons. The van der Waals surface area contributed by atoms with Gasteiger partial charge in [-0.3, -0.25) is 4.79 Å². The maximum Gasteiger partial charge on any atom is 0.416 e. The first-order valence-electron chi connectivity index (χ1n) is 4.56. The van der Waals surface area contributed by atoms with Crippen LogP contribution in [0.2, 0.25) is 0 Å². The first-order chi connectivity index (χ1) is 7.43. The van der Waals surface area contributed by atoms with Gasteiger partial charge in [0, 0.05) is 6.42 Å². The lowest BCUT2D eigenvalue weighted by molar-refractivity contribution is -0.137. The number of hydrogen-bond donors (Lipinski definition) is 1. The number of halogens is 3. The molecule has 0 unspecified atom stereocenters. The Kier molecular flexibility index (Phi) is 3.76. The van der Waals surface area contributed by atoms with Gasteiger partial charge in [-0.1, -0.05) is 6.92 Å². The van der Waals surface area contributed by atoms with E-state index in [9.17, 15) is 18.0 Å². The Morgan fingerprint density at radius 2 is 1.88 bits per heavy atom. The Bertz CT molecular complexity index is 359. The number of hydrogen-bond acceptors (Lipinski definition) is 2. The monoisotopic (exact) mass is 233 g/mol. The lowest BCUT2D eigenvalue weighted by Gasteiger charge is -2.08. The second-order valence-electron chi connectivity index (χ2n) is 3.00. The highest BCUT2D eigenvalue weighted by atomic mass is 19.4. The fraction of sp³-hybridized carbons (Fsp3) is 0.300. The van der Waals surface area contributed by atoms with Gasteiger partial charge in [-0.25, -0.2) is 0 Å². The van der Waals surface area contributed by atoms with E-state index < -0.39 is 11.7 Å². The van der Waals surface area contributed by atoms with E-state index >= 15 is 0 Å². The molecular weight excluding hydrogens is 223 g/mol. The molecule has 0 bridgehead atoms. The summed E-state index contributed by atoms with van der Waals surface area (Å²) in [6.07, 6.45) is -4.13. The van der Waals surface area contributed by atoms with Crippen molar-refractivity contribution in [3.8, 4) is 5.75 Å². The van der Waals surface area contributed by atoms with E-state index in [1.807, 2.05) is 0 Å². The van der Waals surface area contributed by atoms with Gasteiger partial charge in [0.05, 0.1) is 5.56 Å². The molecule has 3 nitrogen and oxygen atoms in total. The maximum absolute atomic E-state index is 12.2. The van der Waals surface area contributed by atoms with E-state index in [0.29, 0.717) is 0 Å². The zero-order chi connectivity index (χ0) is 12.2. The van der Waals surface area contributed by atoms with Crippen molar-refractivity contribution in [2.45, 2.75) is 19.5 Å². The molecule has 1 rings (SSSR count). The van der Waals surface area contributed by atoms with Gasteiger partial charge in [-0.05, 0) is 24.3 Å². The highest BCUT2D eigenvalue weighted by Crippen LogP contribution is 2.30. The quantitative estimate of drug-likeness (QED) is 0.814. The second kappa shape index (κ2) is 4.87. The molecule has 0 atom stereocenters. The van der Waals surface area contributed by atoms with Crippen molar-refractivity contribution in [3.63, 3.8) is 0 Å². The number of carbonyl (C=O) groups is 1. The summed E-state index contributed by atoms with van der Waals surface area (Å²) >= 11 is 0. The fourth-order valence-electron chi connectivity index (χ4n) is 0.900. The molecule has 0 fully saturated rings. The lowest BCUT2D eigenvalue weighted by atomic mass is 10.2. The molecule has 0 spiro atoms. The number of benzene rings is 1. The lowest BCUT2D eigenvalue weighted by Crippen LogP contribution is -2.25. The topological polar surface area (TPSA) is 38.3 Å². The number of hydroxylamine groups is 1. The smallest absolute Gasteiger partial charge is 0.380 e. The highest BCUT2D eigenvalue weighted by molar-refractivity contribution is 5.74. The van der Waals surface area contributed by atoms with Gasteiger partial charge in [0.2, 0.25) is 0 Å². The van der Waals surface area contributed by atoms with E-state index in [1.54, 1.807) is 6.92 Å². The van der Waals surface area contributed by atoms with Crippen molar-refractivity contribution in [1.29, 1.82) is 0 Å². The van der Waals surface area contributed by atoms with Crippen LogP contribution >= 0.6 is 0 Å². The molecule has 1 aromatic carbocycles. The zero-order valence-corrected chi connectivity index (χ0v) is 8.47. The molecular formula is C10H10F3NO2. The summed E-state index contributed by atoms with van der Waals surface area (Å²) in [6, 6.07) is 4.04. The Balaban J connectivity index is 2.62. The molecule has 6 heteroatoms. The Morgan fingerprint density at radius 1 is 1.31 bits per heavy atom. The van der Waals surface area contributed by atoms with Crippen molar-refractivity contribution in [2.24, 2.45) is 0 Å². The van der Waals surface area contributed by atoms with Crippen LogP contribution in [-0.4, -0.2) is 5.91 Å². The summed E-state index contributed by atoms with van der Waals surface area (Å²) in [4.78, 5) is 15.6. The number of amides is 1. The summed E-state index contributed by atoms with van der Waals surface area (Å²) in [5.74, 6) is -0.199. The Labute approximate surface area is 90.2 Å². The molecule has 0 aliphatic carbocycles. The van der Waals surface area contributed by atoms with Crippen LogP contribution in [0.5, 0.6) is 5.75 Å². The maximum atomic E-state index is 12.2. The minimum Gasteiger partial charge on any atom is -0.380 e. The molecule has 1 aromatic rings. The molecule has 1 amide bonds. The Morgan fingerprint density at radius 3 is 2.31 bits per heavy atom. The fourth-order valence-corrected chi connectivity index (χ4v) is 0.900. The second-order valence-corrected chi connectivity index (χ2v) is 3.00. The van der Waals surface area contributed by atoms with Crippen LogP contribution in [0.25, 0.3) is 0 Å². The molecule has 0 radical (unpaired) electrons. The third-order valence-corrected chi connectivity index (χ3v) is 1.79. The standard InChI is InChI=1S/C10H10F3NO2/c1-2-9(15)14-16-8-5-3-7(4-6-8)10(11,12)13/h3-6H,2H2,1H3,(H,14,15). The van der Waals surface area contributed by atoms with Crippen LogP contribution in [0.3, 0.4) is 0 Å². The van der Waals surface area contributed by atoms with Crippen molar-refractivity contribution in [3.05, 3.63) is 29.8 Å². The van der Waals surface area contributed by atoms with Crippen LogP contribution in [-0.2, 0) is 11.0 Å². The van der Waals surface area contributed by atoms with Gasteiger partial charge in [0.1, 0.15) is 0 Å². The number of nitrogens with one attached hydrogen (secondary N) is 1. The van der Waals surface area contributed by atoms with Gasteiger partial charge in [0.25, 0.3) is 5.91 Å². The minimum absolute atomic E-state index is 0.148. The van der Waals surface area contributed by atoms with Crippen molar-refractivity contribution >= 4 is 5.91 Å². The summed E-state index contributed by atoms with van der Waals surface area (Å²) < 4.78 is 36.5. The van der Waals surface area contributed by atoms with E-state index in [1.165, 1.54) is 0 Å². The van der Waals surface area contributed by atoms with Crippen LogP contribution < -0.4 is 10.3 Å². The van der Waals surface area contributed by atoms with Gasteiger partial charge in [-0.2, -0.15) is 18.7 Å². The SMILES string of the molecule is CCC(=O)NOc1ccc(C(F)(F)F)cc1. The average Bonchev–Trinajstić information content (AvgIpc) is 2.25. The summed E-state index contributed by atoms with van der Waals surface area (Å²) in [5, 5.41) is 0. The highest BCUT2D eigenvalue weighted by Gasteiger charge is 2.30. The Hall–Kier alpha value is -1.72. The summed E-state index contributed by atoms with van der Waals surface area (Å²) in [6.45, 7) is 1.63. The molecule has 0 heterocycles. The van der Waals surface area contributed by atoms with Crippen LogP contribution in [0, 0.1) is 0 Å².